The van der Waals surface area contributed by atoms with E-state index in [0.717, 1.165) is 24.9 Å². The third-order valence-electron chi connectivity index (χ3n) is 4.54. The van der Waals surface area contributed by atoms with Crippen LogP contribution in [0.2, 0.25) is 0 Å². The molecule has 110 valence electrons. The van der Waals surface area contributed by atoms with Crippen molar-refractivity contribution < 1.29 is 9.90 Å². The van der Waals surface area contributed by atoms with Crippen LogP contribution in [0, 0.1) is 11.8 Å². The summed E-state index contributed by atoms with van der Waals surface area (Å²) in [5.74, 6) is 0.853. The number of hydrogen-bond acceptors (Lipinski definition) is 3. The summed E-state index contributed by atoms with van der Waals surface area (Å²) < 4.78 is 0. The van der Waals surface area contributed by atoms with Gasteiger partial charge in [0.1, 0.15) is 5.54 Å². The molecule has 0 spiro atoms. The molecule has 0 aromatic carbocycles. The van der Waals surface area contributed by atoms with Crippen LogP contribution in [0.15, 0.2) is 0 Å². The number of aliphatic carboxylic acids is 1. The third kappa shape index (κ3) is 3.69. The second-order valence-corrected chi connectivity index (χ2v) is 7.03. The van der Waals surface area contributed by atoms with Gasteiger partial charge in [0.2, 0.25) is 0 Å². The van der Waals surface area contributed by atoms with Crippen LogP contribution in [-0.2, 0) is 4.79 Å². The molecule has 4 nitrogen and oxygen atoms in total. The quantitative estimate of drug-likeness (QED) is 0.800. The van der Waals surface area contributed by atoms with Crippen molar-refractivity contribution in [1.82, 2.24) is 10.2 Å². The van der Waals surface area contributed by atoms with Crippen molar-refractivity contribution in [2.75, 3.05) is 19.6 Å². The number of piperidine rings is 1. The Morgan fingerprint density at radius 2 is 1.95 bits per heavy atom. The first-order chi connectivity index (χ1) is 8.89. The largest absolute Gasteiger partial charge is 0.480 e. The van der Waals surface area contributed by atoms with Crippen LogP contribution in [-0.4, -0.2) is 47.2 Å². The van der Waals surface area contributed by atoms with Gasteiger partial charge in [0.15, 0.2) is 0 Å². The standard InChI is InChI=1S/C15H28N2O2/c1-11(2)16-15(3,14(18)19)10-17-8-12-5-4-6-13(7-12)9-17/h11-13,16H,4-10H2,1-3H3,(H,18,19). The SMILES string of the molecule is CC(C)NC(C)(CN1CC2CCCC(C2)C1)C(=O)O. The van der Waals surface area contributed by atoms with Gasteiger partial charge in [0.05, 0.1) is 0 Å². The Hall–Kier alpha value is -0.610. The normalized spacial score (nSPS) is 31.2. The predicted octanol–water partition coefficient (Wildman–Crippen LogP) is 1.95. The van der Waals surface area contributed by atoms with E-state index in [1.54, 1.807) is 0 Å². The van der Waals surface area contributed by atoms with Crippen molar-refractivity contribution in [3.8, 4) is 0 Å². The maximum absolute atomic E-state index is 11.6. The van der Waals surface area contributed by atoms with Gasteiger partial charge in [-0.3, -0.25) is 10.1 Å². The van der Waals surface area contributed by atoms with Gasteiger partial charge < -0.3 is 10.0 Å². The van der Waals surface area contributed by atoms with E-state index in [0.29, 0.717) is 6.54 Å². The van der Waals surface area contributed by atoms with Gasteiger partial charge in [0, 0.05) is 25.7 Å². The van der Waals surface area contributed by atoms with Crippen LogP contribution in [0.25, 0.3) is 0 Å². The number of nitrogens with zero attached hydrogens (tertiary/aromatic N) is 1. The minimum absolute atomic E-state index is 0.186. The fourth-order valence-corrected chi connectivity index (χ4v) is 3.93. The zero-order valence-corrected chi connectivity index (χ0v) is 12.5. The van der Waals surface area contributed by atoms with Crippen molar-refractivity contribution >= 4 is 5.97 Å². The fourth-order valence-electron chi connectivity index (χ4n) is 3.93. The zero-order chi connectivity index (χ0) is 14.0. The smallest absolute Gasteiger partial charge is 0.324 e. The Morgan fingerprint density at radius 3 is 2.42 bits per heavy atom. The average molecular weight is 268 g/mol. The van der Waals surface area contributed by atoms with Crippen LogP contribution >= 0.6 is 0 Å². The first-order valence-corrected chi connectivity index (χ1v) is 7.62. The summed E-state index contributed by atoms with van der Waals surface area (Å²) in [7, 11) is 0. The van der Waals surface area contributed by atoms with E-state index >= 15 is 0 Å². The maximum atomic E-state index is 11.6. The second-order valence-electron chi connectivity index (χ2n) is 7.03. The van der Waals surface area contributed by atoms with Crippen molar-refractivity contribution in [3.63, 3.8) is 0 Å². The monoisotopic (exact) mass is 268 g/mol. The molecule has 1 saturated heterocycles. The molecule has 2 bridgehead atoms. The molecule has 3 atom stereocenters. The lowest BCUT2D eigenvalue weighted by atomic mass is 9.77. The van der Waals surface area contributed by atoms with Gasteiger partial charge in [0.25, 0.3) is 0 Å². The van der Waals surface area contributed by atoms with Gasteiger partial charge in [-0.2, -0.15) is 0 Å². The van der Waals surface area contributed by atoms with Crippen molar-refractivity contribution in [1.29, 1.82) is 0 Å². The Kier molecular flexibility index (Phi) is 4.51. The Bertz CT molecular complexity index is 320. The van der Waals surface area contributed by atoms with Gasteiger partial charge in [-0.25, -0.2) is 0 Å². The Morgan fingerprint density at radius 1 is 1.37 bits per heavy atom. The lowest BCUT2D eigenvalue weighted by molar-refractivity contribution is -0.145. The molecule has 4 heteroatoms. The number of likely N-dealkylation sites (tertiary alicyclic amines) is 1. The fraction of sp³-hybridized carbons (Fsp3) is 0.933. The molecular formula is C15H28N2O2. The topological polar surface area (TPSA) is 52.6 Å². The summed E-state index contributed by atoms with van der Waals surface area (Å²) in [5.41, 5.74) is -0.834. The van der Waals surface area contributed by atoms with E-state index in [9.17, 15) is 9.90 Å². The summed E-state index contributed by atoms with van der Waals surface area (Å²) in [6.45, 7) is 8.61. The number of carbonyl (C=O) groups is 1. The summed E-state index contributed by atoms with van der Waals surface area (Å²) in [5, 5.41) is 12.8. The van der Waals surface area contributed by atoms with E-state index in [4.69, 9.17) is 0 Å². The van der Waals surface area contributed by atoms with Gasteiger partial charge in [-0.1, -0.05) is 6.42 Å². The van der Waals surface area contributed by atoms with Crippen molar-refractivity contribution in [2.45, 2.75) is 58.0 Å². The first-order valence-electron chi connectivity index (χ1n) is 7.62. The predicted molar refractivity (Wildman–Crippen MR) is 76.2 cm³/mol. The minimum atomic E-state index is -0.834. The van der Waals surface area contributed by atoms with E-state index < -0.39 is 11.5 Å². The van der Waals surface area contributed by atoms with E-state index in [-0.39, 0.29) is 6.04 Å². The molecule has 2 fully saturated rings. The van der Waals surface area contributed by atoms with Gasteiger partial charge in [-0.15, -0.1) is 0 Å². The Balaban J connectivity index is 1.99. The molecule has 0 aromatic rings. The van der Waals surface area contributed by atoms with Crippen LogP contribution in [0.4, 0.5) is 0 Å². The summed E-state index contributed by atoms with van der Waals surface area (Å²) >= 11 is 0. The maximum Gasteiger partial charge on any atom is 0.324 e. The number of carboxylic acids is 1. The molecule has 0 radical (unpaired) electrons. The van der Waals surface area contributed by atoms with Crippen LogP contribution in [0.5, 0.6) is 0 Å². The molecule has 1 aliphatic heterocycles. The summed E-state index contributed by atoms with van der Waals surface area (Å²) in [6.07, 6.45) is 5.38. The van der Waals surface area contributed by atoms with Crippen LogP contribution in [0.1, 0.15) is 46.5 Å². The molecule has 1 saturated carbocycles. The number of rotatable bonds is 5. The molecule has 2 aliphatic rings. The highest BCUT2D eigenvalue weighted by Gasteiger charge is 2.39. The van der Waals surface area contributed by atoms with E-state index in [2.05, 4.69) is 10.2 Å². The molecule has 2 N–H and O–H groups in total. The number of nitrogens with one attached hydrogen (secondary N) is 1. The Labute approximate surface area is 116 Å². The molecule has 3 unspecified atom stereocenters. The third-order valence-corrected chi connectivity index (χ3v) is 4.54. The molecule has 19 heavy (non-hydrogen) atoms. The first kappa shape index (κ1) is 14.8. The molecule has 1 aliphatic carbocycles. The lowest BCUT2D eigenvalue weighted by Crippen LogP contribution is -2.60. The van der Waals surface area contributed by atoms with Gasteiger partial charge >= 0.3 is 5.97 Å². The summed E-state index contributed by atoms with van der Waals surface area (Å²) in [4.78, 5) is 14.0. The molecule has 2 rings (SSSR count). The number of carboxylic acid groups (broad SMARTS) is 1. The van der Waals surface area contributed by atoms with Crippen molar-refractivity contribution in [3.05, 3.63) is 0 Å². The number of hydrogen-bond donors (Lipinski definition) is 2. The molecular weight excluding hydrogens is 240 g/mol. The van der Waals surface area contributed by atoms with Crippen LogP contribution in [0.3, 0.4) is 0 Å². The molecule has 0 aromatic heterocycles. The highest BCUT2D eigenvalue weighted by molar-refractivity contribution is 5.78. The lowest BCUT2D eigenvalue weighted by Gasteiger charge is -2.44. The second kappa shape index (κ2) is 5.80. The minimum Gasteiger partial charge on any atom is -0.480 e. The molecule has 0 amide bonds. The summed E-state index contributed by atoms with van der Waals surface area (Å²) in [6, 6.07) is 0.186. The van der Waals surface area contributed by atoms with Crippen molar-refractivity contribution in [2.24, 2.45) is 11.8 Å². The zero-order valence-electron chi connectivity index (χ0n) is 12.5. The number of fused-ring (bicyclic) bond motifs is 2. The van der Waals surface area contributed by atoms with E-state index in [1.165, 1.54) is 25.7 Å². The van der Waals surface area contributed by atoms with Gasteiger partial charge in [-0.05, 0) is 51.9 Å². The highest BCUT2D eigenvalue weighted by atomic mass is 16.4. The average Bonchev–Trinajstić information content (AvgIpc) is 2.26. The van der Waals surface area contributed by atoms with E-state index in [1.807, 2.05) is 20.8 Å². The van der Waals surface area contributed by atoms with Crippen LogP contribution < -0.4 is 5.32 Å². The highest BCUT2D eigenvalue weighted by Crippen LogP contribution is 2.34. The molecule has 1 heterocycles.